The van der Waals surface area contributed by atoms with Crippen molar-refractivity contribution in [2.24, 2.45) is 0 Å². The summed E-state index contributed by atoms with van der Waals surface area (Å²) in [4.78, 5) is 22.4. The molecule has 0 atom stereocenters. The Morgan fingerprint density at radius 1 is 1.29 bits per heavy atom. The fraction of sp³-hybridized carbons (Fsp3) is 0.500. The lowest BCUT2D eigenvalue weighted by Crippen LogP contribution is -2.58. The summed E-state index contributed by atoms with van der Waals surface area (Å²) >= 11 is 0. The van der Waals surface area contributed by atoms with E-state index in [0.29, 0.717) is 0 Å². The highest BCUT2D eigenvalue weighted by Crippen LogP contribution is 2.34. The molecule has 0 bridgehead atoms. The zero-order valence-corrected chi connectivity index (χ0v) is 8.23. The summed E-state index contributed by atoms with van der Waals surface area (Å²) in [7, 11) is 1.80. The number of rotatable bonds is 1. The third-order valence-corrected chi connectivity index (χ3v) is 2.89. The summed E-state index contributed by atoms with van der Waals surface area (Å²) < 4.78 is 10.5. The summed E-state index contributed by atoms with van der Waals surface area (Å²) in [5.41, 5.74) is 0. The van der Waals surface area contributed by atoms with Crippen molar-refractivity contribution < 1.29 is 23.3 Å². The third-order valence-electron chi connectivity index (χ3n) is 2.89. The number of carbonyl (C=O) groups is 2. The molecular formula is C8H12BNO4. The Morgan fingerprint density at radius 2 is 1.79 bits per heavy atom. The molecule has 2 heterocycles. The van der Waals surface area contributed by atoms with Crippen molar-refractivity contribution in [1.82, 2.24) is 0 Å². The lowest BCUT2D eigenvalue weighted by Gasteiger charge is -2.37. The lowest BCUT2D eigenvalue weighted by molar-refractivity contribution is -0.791. The van der Waals surface area contributed by atoms with Crippen LogP contribution in [0.5, 0.6) is 0 Å². The molecule has 2 rings (SSSR count). The summed E-state index contributed by atoms with van der Waals surface area (Å²) in [6, 6.07) is 0. The molecule has 0 N–H and O–H groups in total. The van der Waals surface area contributed by atoms with Crippen LogP contribution in [0, 0.1) is 0 Å². The number of hydrogen-bond donors (Lipinski definition) is 0. The fourth-order valence-corrected chi connectivity index (χ4v) is 2.16. The maximum absolute atomic E-state index is 11.2. The van der Waals surface area contributed by atoms with E-state index < -0.39 is 6.69 Å². The van der Waals surface area contributed by atoms with Crippen molar-refractivity contribution in [3.05, 3.63) is 12.1 Å². The molecule has 2 fully saturated rings. The van der Waals surface area contributed by atoms with Crippen molar-refractivity contribution in [2.75, 3.05) is 20.1 Å². The highest BCUT2D eigenvalue weighted by Gasteiger charge is 2.63. The largest absolute Gasteiger partial charge is 0.607 e. The minimum absolute atomic E-state index is 0.204. The zero-order chi connectivity index (χ0) is 10.4. The molecule has 76 valence electrons. The van der Waals surface area contributed by atoms with Gasteiger partial charge in [-0.05, 0) is 6.92 Å². The molecule has 2 aliphatic rings. The van der Waals surface area contributed by atoms with Gasteiger partial charge in [0.25, 0.3) is 0 Å². The molecule has 14 heavy (non-hydrogen) atoms. The molecule has 0 radical (unpaired) electrons. The number of allylic oxidation sites excluding steroid dienone is 1. The maximum Gasteiger partial charge on any atom is 0.607 e. The molecule has 0 spiro atoms. The van der Waals surface area contributed by atoms with Gasteiger partial charge in [0.2, 0.25) is 0 Å². The molecule has 5 nitrogen and oxygen atoms in total. The van der Waals surface area contributed by atoms with Crippen LogP contribution in [0.4, 0.5) is 0 Å². The monoisotopic (exact) mass is 197 g/mol. The summed E-state index contributed by atoms with van der Waals surface area (Å²) in [6.45, 7) is 0.295. The van der Waals surface area contributed by atoms with Crippen LogP contribution in [0.1, 0.15) is 6.92 Å². The SMILES string of the molecule is C/C=C\[B-]12OC(=O)C[N+]1(C)CC(=O)O2. The number of quaternary nitrogens is 1. The van der Waals surface area contributed by atoms with Gasteiger partial charge in [-0.2, -0.15) is 0 Å². The molecule has 0 aromatic heterocycles. The van der Waals surface area contributed by atoms with Crippen LogP contribution in [-0.4, -0.2) is 43.2 Å². The molecule has 2 saturated heterocycles. The molecule has 0 aliphatic carbocycles. The Morgan fingerprint density at radius 3 is 2.21 bits per heavy atom. The van der Waals surface area contributed by atoms with E-state index in [1.165, 1.54) is 0 Å². The van der Waals surface area contributed by atoms with E-state index in [4.69, 9.17) is 9.31 Å². The van der Waals surface area contributed by atoms with E-state index in [9.17, 15) is 9.59 Å². The summed E-state index contributed by atoms with van der Waals surface area (Å²) in [5.74, 6) is 1.06. The number of nitrogens with zero attached hydrogens (tertiary/aromatic N) is 1. The minimum atomic E-state index is -1.92. The van der Waals surface area contributed by atoms with E-state index in [1.807, 2.05) is 0 Å². The molecule has 0 aromatic carbocycles. The zero-order valence-electron chi connectivity index (χ0n) is 8.23. The van der Waals surface area contributed by atoms with Crippen LogP contribution in [0.15, 0.2) is 12.1 Å². The summed E-state index contributed by atoms with van der Waals surface area (Å²) in [6.07, 6.45) is 1.74. The third kappa shape index (κ3) is 1.00. The van der Waals surface area contributed by atoms with Crippen molar-refractivity contribution in [3.8, 4) is 0 Å². The van der Waals surface area contributed by atoms with Crippen molar-refractivity contribution in [3.63, 3.8) is 0 Å². The standard InChI is InChI=1S/C8H12BNO4/c1-3-4-9-10(2,5-7(11)13-9)6-8(12)14-9/h3-4H,5-6H2,1-2H3/b4-3-. The maximum atomic E-state index is 11.2. The van der Waals surface area contributed by atoms with Gasteiger partial charge in [-0.15, -0.1) is 6.08 Å². The van der Waals surface area contributed by atoms with Gasteiger partial charge in [0.1, 0.15) is 13.1 Å². The van der Waals surface area contributed by atoms with E-state index in [0.717, 1.165) is 0 Å². The normalized spacial score (nSPS) is 41.3. The van der Waals surface area contributed by atoms with E-state index in [-0.39, 0.29) is 29.4 Å². The van der Waals surface area contributed by atoms with Gasteiger partial charge in [0, 0.05) is 7.05 Å². The first kappa shape index (κ1) is 9.27. The van der Waals surface area contributed by atoms with Crippen molar-refractivity contribution in [2.45, 2.75) is 6.92 Å². The van der Waals surface area contributed by atoms with Crippen LogP contribution in [-0.2, 0) is 18.9 Å². The van der Waals surface area contributed by atoms with Gasteiger partial charge in [-0.25, -0.2) is 0 Å². The molecule has 0 aromatic rings. The summed E-state index contributed by atoms with van der Waals surface area (Å²) in [5, 5.41) is 0. The average molecular weight is 197 g/mol. The average Bonchev–Trinajstić information content (AvgIpc) is 2.33. The van der Waals surface area contributed by atoms with Crippen LogP contribution in [0.3, 0.4) is 0 Å². The number of hydrogen-bond acceptors (Lipinski definition) is 4. The topological polar surface area (TPSA) is 52.6 Å². The highest BCUT2D eigenvalue weighted by atomic mass is 16.7. The molecule has 0 saturated carbocycles. The number of likely N-dealkylation sites (N-methyl/N-ethyl adjacent to an activating group) is 1. The second kappa shape index (κ2) is 2.60. The predicted molar refractivity (Wildman–Crippen MR) is 48.7 cm³/mol. The Bertz CT molecular complexity index is 318. The number of carbonyl (C=O) groups excluding carboxylic acids is 2. The van der Waals surface area contributed by atoms with Crippen LogP contribution >= 0.6 is 0 Å². The molecule has 0 unspecified atom stereocenters. The van der Waals surface area contributed by atoms with Gasteiger partial charge in [0.05, 0.1) is 0 Å². The molecule has 6 heteroatoms. The van der Waals surface area contributed by atoms with Gasteiger partial charge in [-0.3, -0.25) is 9.59 Å². The van der Waals surface area contributed by atoms with Gasteiger partial charge in [0.15, 0.2) is 0 Å². The number of fused-ring (bicyclic) bond motifs is 1. The van der Waals surface area contributed by atoms with Gasteiger partial charge in [-0.1, -0.05) is 5.98 Å². The van der Waals surface area contributed by atoms with Crippen LogP contribution < -0.4 is 0 Å². The van der Waals surface area contributed by atoms with Crippen LogP contribution in [0.25, 0.3) is 0 Å². The van der Waals surface area contributed by atoms with Gasteiger partial charge < -0.3 is 13.7 Å². The van der Waals surface area contributed by atoms with Crippen molar-refractivity contribution >= 4 is 18.6 Å². The van der Waals surface area contributed by atoms with E-state index >= 15 is 0 Å². The first-order valence-corrected chi connectivity index (χ1v) is 4.58. The van der Waals surface area contributed by atoms with Gasteiger partial charge >= 0.3 is 18.6 Å². The second-order valence-electron chi connectivity index (χ2n) is 4.03. The second-order valence-corrected chi connectivity index (χ2v) is 4.03. The first-order chi connectivity index (χ1) is 6.51. The fourth-order valence-electron chi connectivity index (χ4n) is 2.16. The van der Waals surface area contributed by atoms with Crippen molar-refractivity contribution in [1.29, 1.82) is 0 Å². The van der Waals surface area contributed by atoms with E-state index in [1.54, 1.807) is 26.0 Å². The molecular weight excluding hydrogens is 185 g/mol. The lowest BCUT2D eigenvalue weighted by atomic mass is 9.68. The minimum Gasteiger partial charge on any atom is -0.596 e. The molecule has 0 amide bonds. The smallest absolute Gasteiger partial charge is 0.596 e. The highest BCUT2D eigenvalue weighted by molar-refractivity contribution is 6.70. The predicted octanol–water partition coefficient (Wildman–Crippen LogP) is -0.399. The molecule has 2 aliphatic heterocycles. The Balaban J connectivity index is 2.44. The van der Waals surface area contributed by atoms with E-state index in [2.05, 4.69) is 0 Å². The Kier molecular flexibility index (Phi) is 1.72. The Hall–Kier alpha value is -1.30. The first-order valence-electron chi connectivity index (χ1n) is 4.58. The van der Waals surface area contributed by atoms with Crippen LogP contribution in [0.2, 0.25) is 0 Å². The Labute approximate surface area is 81.9 Å². The quantitative estimate of drug-likeness (QED) is 0.536.